The fraction of sp³-hybridized carbons (Fsp3) is 0.231. The molecule has 2 aromatic rings. The maximum absolute atomic E-state index is 13.3. The van der Waals surface area contributed by atoms with Gasteiger partial charge in [0.05, 0.1) is 6.20 Å². The number of hydrogen-bond donors (Lipinski definition) is 3. The number of rotatable bonds is 3. The molecule has 1 unspecified atom stereocenters. The van der Waals surface area contributed by atoms with Crippen molar-refractivity contribution in [3.05, 3.63) is 47.0 Å². The molecule has 3 rings (SSSR count). The number of H-pyrrole nitrogens is 1. The molecule has 0 fully saturated rings. The predicted molar refractivity (Wildman–Crippen MR) is 67.9 cm³/mol. The van der Waals surface area contributed by atoms with E-state index in [1.54, 1.807) is 12.3 Å². The summed E-state index contributed by atoms with van der Waals surface area (Å²) in [5.41, 5.74) is 3.24. The molecular weight excluding hydrogens is 247 g/mol. The Hall–Kier alpha value is -2.21. The monoisotopic (exact) mass is 260 g/mol. The lowest BCUT2D eigenvalue weighted by atomic mass is 10.1. The highest BCUT2D eigenvalue weighted by molar-refractivity contribution is 6.02. The summed E-state index contributed by atoms with van der Waals surface area (Å²) in [6, 6.07) is 3.77. The summed E-state index contributed by atoms with van der Waals surface area (Å²) >= 11 is 0. The van der Waals surface area contributed by atoms with E-state index in [0.29, 0.717) is 17.8 Å². The van der Waals surface area contributed by atoms with Gasteiger partial charge in [-0.1, -0.05) is 0 Å². The molecule has 1 amide bonds. The van der Waals surface area contributed by atoms with Crippen LogP contribution in [-0.4, -0.2) is 16.1 Å². The van der Waals surface area contributed by atoms with E-state index in [-0.39, 0.29) is 11.7 Å². The summed E-state index contributed by atoms with van der Waals surface area (Å²) in [5, 5.41) is 12.6. The number of halogens is 1. The van der Waals surface area contributed by atoms with E-state index in [1.165, 1.54) is 12.1 Å². The van der Waals surface area contributed by atoms with Gasteiger partial charge in [-0.15, -0.1) is 0 Å². The number of benzene rings is 1. The molecule has 0 saturated carbocycles. The number of aromatic amines is 1. The van der Waals surface area contributed by atoms with Crippen molar-refractivity contribution in [2.45, 2.75) is 19.5 Å². The van der Waals surface area contributed by atoms with Crippen molar-refractivity contribution in [1.82, 2.24) is 15.5 Å². The lowest BCUT2D eigenvalue weighted by Gasteiger charge is -2.11. The van der Waals surface area contributed by atoms with Gasteiger partial charge < -0.3 is 5.32 Å². The second-order valence-corrected chi connectivity index (χ2v) is 4.55. The third-order valence-corrected chi connectivity index (χ3v) is 3.28. The van der Waals surface area contributed by atoms with Crippen LogP contribution >= 0.6 is 0 Å². The molecule has 1 atom stereocenters. The van der Waals surface area contributed by atoms with Gasteiger partial charge in [-0.3, -0.25) is 15.2 Å². The molecule has 1 aromatic heterocycles. The molecule has 19 heavy (non-hydrogen) atoms. The maximum atomic E-state index is 13.3. The zero-order chi connectivity index (χ0) is 13.4. The van der Waals surface area contributed by atoms with E-state index < -0.39 is 6.04 Å². The number of carbonyl (C=O) groups excluding carboxylic acids is 1. The Balaban J connectivity index is 1.81. The molecule has 0 spiro atoms. The molecule has 0 aliphatic carbocycles. The van der Waals surface area contributed by atoms with Crippen LogP contribution in [0, 0.1) is 12.7 Å². The number of anilines is 1. The van der Waals surface area contributed by atoms with Crippen molar-refractivity contribution >= 4 is 11.6 Å². The molecule has 0 saturated heterocycles. The lowest BCUT2D eigenvalue weighted by molar-refractivity contribution is -0.117. The number of amides is 1. The summed E-state index contributed by atoms with van der Waals surface area (Å²) in [4.78, 5) is 11.9. The van der Waals surface area contributed by atoms with Gasteiger partial charge in [-0.05, 0) is 25.1 Å². The summed E-state index contributed by atoms with van der Waals surface area (Å²) in [7, 11) is 0. The average Bonchev–Trinajstić information content (AvgIpc) is 2.90. The number of aromatic nitrogens is 2. The first-order chi connectivity index (χ1) is 9.15. The number of hydrogen-bond acceptors (Lipinski definition) is 3. The van der Waals surface area contributed by atoms with Crippen LogP contribution in [0.5, 0.6) is 0 Å². The van der Waals surface area contributed by atoms with Crippen molar-refractivity contribution in [1.29, 1.82) is 0 Å². The predicted octanol–water partition coefficient (Wildman–Crippen LogP) is 1.64. The summed E-state index contributed by atoms with van der Waals surface area (Å²) in [6.07, 6.45) is 1.71. The van der Waals surface area contributed by atoms with Crippen LogP contribution in [0.15, 0.2) is 24.4 Å². The Kier molecular flexibility index (Phi) is 2.79. The SMILES string of the molecule is Cc1[nH]ncc1CNC1C(=O)Nc2ccc(F)cc21. The minimum Gasteiger partial charge on any atom is -0.324 e. The third-order valence-electron chi connectivity index (χ3n) is 3.28. The second kappa shape index (κ2) is 4.47. The molecule has 0 radical (unpaired) electrons. The van der Waals surface area contributed by atoms with Crippen LogP contribution in [0.3, 0.4) is 0 Å². The van der Waals surface area contributed by atoms with Crippen molar-refractivity contribution in [3.63, 3.8) is 0 Å². The fourth-order valence-electron chi connectivity index (χ4n) is 2.20. The highest BCUT2D eigenvalue weighted by Gasteiger charge is 2.30. The van der Waals surface area contributed by atoms with Gasteiger partial charge in [-0.2, -0.15) is 5.10 Å². The van der Waals surface area contributed by atoms with E-state index in [2.05, 4.69) is 20.8 Å². The van der Waals surface area contributed by atoms with Crippen molar-refractivity contribution in [3.8, 4) is 0 Å². The highest BCUT2D eigenvalue weighted by Crippen LogP contribution is 2.31. The molecule has 6 heteroatoms. The normalized spacial score (nSPS) is 17.4. The largest absolute Gasteiger partial charge is 0.324 e. The Morgan fingerprint density at radius 2 is 2.32 bits per heavy atom. The lowest BCUT2D eigenvalue weighted by Crippen LogP contribution is -2.27. The molecule has 2 heterocycles. The van der Waals surface area contributed by atoms with Crippen molar-refractivity contribution in [2.75, 3.05) is 5.32 Å². The summed E-state index contributed by atoms with van der Waals surface area (Å²) in [6.45, 7) is 2.41. The minimum absolute atomic E-state index is 0.165. The number of nitrogens with one attached hydrogen (secondary N) is 3. The Morgan fingerprint density at radius 3 is 3.05 bits per heavy atom. The van der Waals surface area contributed by atoms with Gasteiger partial charge in [0, 0.05) is 29.1 Å². The summed E-state index contributed by atoms with van der Waals surface area (Å²) in [5.74, 6) is -0.511. The van der Waals surface area contributed by atoms with Gasteiger partial charge in [0.25, 0.3) is 0 Å². The van der Waals surface area contributed by atoms with E-state index in [1.807, 2.05) is 6.92 Å². The van der Waals surface area contributed by atoms with Gasteiger partial charge >= 0.3 is 0 Å². The zero-order valence-corrected chi connectivity index (χ0v) is 10.3. The smallest absolute Gasteiger partial charge is 0.246 e. The average molecular weight is 260 g/mol. The molecule has 3 N–H and O–H groups in total. The van der Waals surface area contributed by atoms with Crippen LogP contribution in [0.25, 0.3) is 0 Å². The van der Waals surface area contributed by atoms with Gasteiger partial charge in [0.2, 0.25) is 5.91 Å². The van der Waals surface area contributed by atoms with Gasteiger partial charge in [-0.25, -0.2) is 4.39 Å². The first-order valence-electron chi connectivity index (χ1n) is 5.97. The highest BCUT2D eigenvalue weighted by atomic mass is 19.1. The zero-order valence-electron chi connectivity index (χ0n) is 10.3. The number of fused-ring (bicyclic) bond motifs is 1. The van der Waals surface area contributed by atoms with Crippen LogP contribution in [0.2, 0.25) is 0 Å². The first kappa shape index (κ1) is 11.9. The molecule has 1 aromatic carbocycles. The third kappa shape index (κ3) is 2.10. The van der Waals surface area contributed by atoms with E-state index in [0.717, 1.165) is 11.3 Å². The molecular formula is C13H13FN4O. The summed E-state index contributed by atoms with van der Waals surface area (Å²) < 4.78 is 13.3. The molecule has 1 aliphatic rings. The Morgan fingerprint density at radius 1 is 1.47 bits per heavy atom. The van der Waals surface area contributed by atoms with Gasteiger partial charge in [0.15, 0.2) is 0 Å². The molecule has 5 nitrogen and oxygen atoms in total. The number of nitrogens with zero attached hydrogens (tertiary/aromatic N) is 1. The van der Waals surface area contributed by atoms with Crippen molar-refractivity contribution in [2.24, 2.45) is 0 Å². The van der Waals surface area contributed by atoms with Crippen LogP contribution in [0.4, 0.5) is 10.1 Å². The second-order valence-electron chi connectivity index (χ2n) is 4.55. The Labute approximate surface area is 109 Å². The first-order valence-corrected chi connectivity index (χ1v) is 5.97. The van der Waals surface area contributed by atoms with Crippen LogP contribution < -0.4 is 10.6 Å². The molecule has 98 valence electrons. The van der Waals surface area contributed by atoms with Crippen LogP contribution in [0.1, 0.15) is 22.9 Å². The maximum Gasteiger partial charge on any atom is 0.246 e. The van der Waals surface area contributed by atoms with Crippen molar-refractivity contribution < 1.29 is 9.18 Å². The standard InChI is InChI=1S/C13H13FN4O/c1-7-8(6-16-18-7)5-15-12-10-4-9(14)2-3-11(10)17-13(12)19/h2-4,6,12,15H,5H2,1H3,(H,16,18)(H,17,19). The van der Waals surface area contributed by atoms with E-state index >= 15 is 0 Å². The minimum atomic E-state index is -0.528. The van der Waals surface area contributed by atoms with E-state index in [4.69, 9.17) is 0 Å². The molecule has 1 aliphatic heterocycles. The molecule has 0 bridgehead atoms. The fourth-order valence-corrected chi connectivity index (χ4v) is 2.20. The number of carbonyl (C=O) groups is 1. The van der Waals surface area contributed by atoms with E-state index in [9.17, 15) is 9.18 Å². The topological polar surface area (TPSA) is 69.8 Å². The number of aryl methyl sites for hydroxylation is 1. The van der Waals surface area contributed by atoms with Gasteiger partial charge in [0.1, 0.15) is 11.9 Å². The van der Waals surface area contributed by atoms with Crippen LogP contribution in [-0.2, 0) is 11.3 Å². The Bertz CT molecular complexity index is 637. The quantitative estimate of drug-likeness (QED) is 0.785.